The van der Waals surface area contributed by atoms with Crippen LogP contribution < -0.4 is 15.8 Å². The van der Waals surface area contributed by atoms with E-state index in [1.807, 2.05) is 0 Å². The predicted octanol–water partition coefficient (Wildman–Crippen LogP) is 4.78. The number of allylic oxidation sites excluding steroid dienone is 1. The molecule has 3 N–H and O–H groups in total. The molecule has 0 radical (unpaired) electrons. The fraction of sp³-hybridized carbons (Fsp3) is 0.320. The van der Waals surface area contributed by atoms with Crippen molar-refractivity contribution in [3.05, 3.63) is 58.4 Å². The fourth-order valence-electron chi connectivity index (χ4n) is 3.16. The van der Waals surface area contributed by atoms with Crippen LogP contribution in [0.2, 0.25) is 0 Å². The highest BCUT2D eigenvalue weighted by Gasteiger charge is 2.22. The van der Waals surface area contributed by atoms with Gasteiger partial charge in [0.25, 0.3) is 12.3 Å². The number of hydrogen-bond acceptors (Lipinski definition) is 6. The standard InChI is InChI=1S/C25H24F2N4O2S/c1-15(34-18(13-29)7-5-16-3-4-16)31-25(32)19-8-6-17(9-10-28)11-20(19)21-12-22(24(26)27)30-14-23(21)33-2/h6,8,11-16,24H,3-4,9,29H2,1-2H3,(H,31,32)/b18-13-. The molecule has 3 rings (SSSR count). The zero-order chi connectivity index (χ0) is 24.7. The molecule has 1 aliphatic rings. The van der Waals surface area contributed by atoms with Gasteiger partial charge in [-0.05, 0) is 49.1 Å². The normalized spacial score (nSPS) is 14.1. The second-order valence-corrected chi connectivity index (χ2v) is 9.02. The number of nitrogens with one attached hydrogen (secondary N) is 1. The number of carbonyl (C=O) groups excluding carboxylic acids is 1. The number of nitriles is 1. The number of benzene rings is 1. The van der Waals surface area contributed by atoms with Gasteiger partial charge in [-0.15, -0.1) is 0 Å². The van der Waals surface area contributed by atoms with Crippen molar-refractivity contribution in [2.45, 2.75) is 38.0 Å². The van der Waals surface area contributed by atoms with Crippen LogP contribution in [-0.4, -0.2) is 23.4 Å². The van der Waals surface area contributed by atoms with Crippen LogP contribution >= 0.6 is 11.8 Å². The fourth-order valence-corrected chi connectivity index (χ4v) is 3.90. The van der Waals surface area contributed by atoms with Crippen molar-refractivity contribution in [2.75, 3.05) is 7.11 Å². The minimum absolute atomic E-state index is 0.0978. The molecule has 1 saturated carbocycles. The number of aromatic nitrogens is 1. The molecule has 1 aromatic heterocycles. The highest BCUT2D eigenvalue weighted by molar-refractivity contribution is 8.03. The SMILES string of the molecule is COc1cnc(C(F)F)cc1-c1cc(CC#N)ccc1C(=O)NC(C)S/C(C#CC1CC1)=C\N. The Balaban J connectivity index is 1.93. The lowest BCUT2D eigenvalue weighted by Gasteiger charge is -2.17. The number of amides is 1. The number of pyridine rings is 1. The highest BCUT2D eigenvalue weighted by atomic mass is 32.2. The van der Waals surface area contributed by atoms with Gasteiger partial charge < -0.3 is 15.8 Å². The zero-order valence-electron chi connectivity index (χ0n) is 18.8. The molecule has 2 aromatic rings. The first-order valence-corrected chi connectivity index (χ1v) is 11.5. The molecule has 1 fully saturated rings. The Morgan fingerprint density at radius 3 is 2.76 bits per heavy atom. The highest BCUT2D eigenvalue weighted by Crippen LogP contribution is 2.35. The summed E-state index contributed by atoms with van der Waals surface area (Å²) in [5.74, 6) is 6.41. The van der Waals surface area contributed by atoms with Gasteiger partial charge in [-0.3, -0.25) is 9.78 Å². The Morgan fingerprint density at radius 2 is 2.15 bits per heavy atom. The van der Waals surface area contributed by atoms with E-state index in [0.29, 0.717) is 21.9 Å². The molecule has 0 aliphatic heterocycles. The largest absolute Gasteiger partial charge is 0.494 e. The van der Waals surface area contributed by atoms with E-state index in [-0.39, 0.29) is 28.7 Å². The average molecular weight is 483 g/mol. The number of halogens is 2. The summed E-state index contributed by atoms with van der Waals surface area (Å²) in [6, 6.07) is 8.12. The van der Waals surface area contributed by atoms with Crippen LogP contribution in [-0.2, 0) is 6.42 Å². The van der Waals surface area contributed by atoms with Crippen LogP contribution in [0, 0.1) is 29.1 Å². The second kappa shape index (κ2) is 11.5. The van der Waals surface area contributed by atoms with Crippen molar-refractivity contribution in [2.24, 2.45) is 11.7 Å². The maximum atomic E-state index is 13.3. The lowest BCUT2D eigenvalue weighted by molar-refractivity contribution is 0.0952. The first-order chi connectivity index (χ1) is 16.4. The summed E-state index contributed by atoms with van der Waals surface area (Å²) in [7, 11) is 1.39. The molecule has 0 saturated heterocycles. The van der Waals surface area contributed by atoms with E-state index in [2.05, 4.69) is 28.2 Å². The van der Waals surface area contributed by atoms with Gasteiger partial charge in [-0.1, -0.05) is 29.7 Å². The molecule has 34 heavy (non-hydrogen) atoms. The van der Waals surface area contributed by atoms with Crippen LogP contribution in [0.1, 0.15) is 47.8 Å². The van der Waals surface area contributed by atoms with Gasteiger partial charge in [0.05, 0.1) is 36.1 Å². The summed E-state index contributed by atoms with van der Waals surface area (Å²) in [5, 5.41) is 11.6. The van der Waals surface area contributed by atoms with Crippen LogP contribution in [0.25, 0.3) is 11.1 Å². The maximum Gasteiger partial charge on any atom is 0.280 e. The third-order valence-electron chi connectivity index (χ3n) is 5.00. The predicted molar refractivity (Wildman–Crippen MR) is 128 cm³/mol. The number of nitrogens with two attached hydrogens (primary N) is 1. The van der Waals surface area contributed by atoms with Gasteiger partial charge in [0, 0.05) is 23.2 Å². The van der Waals surface area contributed by atoms with Gasteiger partial charge in [-0.2, -0.15) is 5.26 Å². The molecule has 9 heteroatoms. The monoisotopic (exact) mass is 482 g/mol. The zero-order valence-corrected chi connectivity index (χ0v) is 19.6. The average Bonchev–Trinajstić information content (AvgIpc) is 3.65. The third-order valence-corrected chi connectivity index (χ3v) is 5.96. The van der Waals surface area contributed by atoms with Crippen molar-refractivity contribution < 1.29 is 18.3 Å². The van der Waals surface area contributed by atoms with Crippen molar-refractivity contribution in [1.29, 1.82) is 5.26 Å². The quantitative estimate of drug-likeness (QED) is 0.415. The van der Waals surface area contributed by atoms with Gasteiger partial charge in [0.1, 0.15) is 11.4 Å². The smallest absolute Gasteiger partial charge is 0.280 e. The van der Waals surface area contributed by atoms with E-state index in [0.717, 1.165) is 12.8 Å². The molecule has 1 amide bonds. The molecule has 1 aromatic carbocycles. The first kappa shape index (κ1) is 25.1. The first-order valence-electron chi connectivity index (χ1n) is 10.6. The van der Waals surface area contributed by atoms with E-state index in [1.165, 1.54) is 37.3 Å². The number of carbonyl (C=O) groups is 1. The Hall–Kier alpha value is -3.56. The Bertz CT molecular complexity index is 1190. The topological polar surface area (TPSA) is 101 Å². The lowest BCUT2D eigenvalue weighted by atomic mass is 9.95. The van der Waals surface area contributed by atoms with Gasteiger partial charge in [0.2, 0.25) is 0 Å². The molecule has 1 heterocycles. The Kier molecular flexibility index (Phi) is 8.50. The van der Waals surface area contributed by atoms with E-state index in [9.17, 15) is 13.6 Å². The van der Waals surface area contributed by atoms with E-state index >= 15 is 0 Å². The Labute approximate surface area is 201 Å². The molecule has 176 valence electrons. The van der Waals surface area contributed by atoms with Crippen LogP contribution in [0.3, 0.4) is 0 Å². The summed E-state index contributed by atoms with van der Waals surface area (Å²) in [6.07, 6.45) is 2.11. The van der Waals surface area contributed by atoms with Crippen molar-refractivity contribution in [1.82, 2.24) is 10.3 Å². The molecular formula is C25H24F2N4O2S. The molecule has 1 aliphatic carbocycles. The molecular weight excluding hydrogens is 458 g/mol. The molecule has 6 nitrogen and oxygen atoms in total. The molecule has 0 bridgehead atoms. The number of ether oxygens (including phenoxy) is 1. The third kappa shape index (κ3) is 6.49. The molecule has 1 atom stereocenters. The van der Waals surface area contributed by atoms with E-state index < -0.39 is 18.0 Å². The number of rotatable bonds is 8. The Morgan fingerprint density at radius 1 is 1.38 bits per heavy atom. The van der Waals surface area contributed by atoms with Gasteiger partial charge >= 0.3 is 0 Å². The lowest BCUT2D eigenvalue weighted by Crippen LogP contribution is -2.30. The number of alkyl halides is 2. The van der Waals surface area contributed by atoms with E-state index in [4.69, 9.17) is 15.7 Å². The summed E-state index contributed by atoms with van der Waals surface area (Å²) < 4.78 is 32.0. The number of nitrogens with zero attached hydrogens (tertiary/aromatic N) is 2. The summed E-state index contributed by atoms with van der Waals surface area (Å²) >= 11 is 1.32. The summed E-state index contributed by atoms with van der Waals surface area (Å²) in [5.41, 5.74) is 6.78. The second-order valence-electron chi connectivity index (χ2n) is 7.63. The van der Waals surface area contributed by atoms with Crippen molar-refractivity contribution in [3.8, 4) is 34.8 Å². The maximum absolute atomic E-state index is 13.3. The number of hydrogen-bond donors (Lipinski definition) is 2. The van der Waals surface area contributed by atoms with Gasteiger partial charge in [0.15, 0.2) is 0 Å². The van der Waals surface area contributed by atoms with Crippen molar-refractivity contribution >= 4 is 17.7 Å². The molecule has 0 spiro atoms. The van der Waals surface area contributed by atoms with Crippen LogP contribution in [0.4, 0.5) is 8.78 Å². The van der Waals surface area contributed by atoms with Crippen molar-refractivity contribution in [3.63, 3.8) is 0 Å². The minimum Gasteiger partial charge on any atom is -0.494 e. The molecule has 1 unspecified atom stereocenters. The van der Waals surface area contributed by atoms with Crippen LogP contribution in [0.15, 0.2) is 41.6 Å². The van der Waals surface area contributed by atoms with Crippen LogP contribution in [0.5, 0.6) is 5.75 Å². The summed E-state index contributed by atoms with van der Waals surface area (Å²) in [4.78, 5) is 17.6. The van der Waals surface area contributed by atoms with Gasteiger partial charge in [-0.25, -0.2) is 8.78 Å². The number of thioether (sulfide) groups is 1. The minimum atomic E-state index is -2.79. The van der Waals surface area contributed by atoms with E-state index in [1.54, 1.807) is 25.1 Å². The summed E-state index contributed by atoms with van der Waals surface area (Å²) in [6.45, 7) is 1.80. The number of methoxy groups -OCH3 is 1.